The van der Waals surface area contributed by atoms with E-state index in [1.165, 1.54) is 6.42 Å². The average molecular weight is 357 g/mol. The monoisotopic (exact) mass is 356 g/mol. The number of rotatable bonds is 4. The lowest BCUT2D eigenvalue weighted by Crippen LogP contribution is -2.33. The quantitative estimate of drug-likeness (QED) is 0.778. The van der Waals surface area contributed by atoms with E-state index >= 15 is 0 Å². The molecule has 1 aromatic carbocycles. The summed E-state index contributed by atoms with van der Waals surface area (Å²) < 4.78 is 22.6. The molecule has 2 saturated heterocycles. The lowest BCUT2D eigenvalue weighted by molar-refractivity contribution is -0.117. The van der Waals surface area contributed by atoms with Crippen molar-refractivity contribution in [2.75, 3.05) is 35.2 Å². The summed E-state index contributed by atoms with van der Waals surface area (Å²) in [6.07, 6.45) is 3.81. The Kier molecular flexibility index (Phi) is 4.82. The molecular weight excluding hydrogens is 336 g/mol. The lowest BCUT2D eigenvalue weighted by Gasteiger charge is -2.32. The van der Waals surface area contributed by atoms with Gasteiger partial charge < -0.3 is 9.80 Å². The molecule has 0 aromatic heterocycles. The Balaban J connectivity index is 1.83. The standard InChI is InChI=1S/C16H21ClN2O3S/c17-23(21,22)12-13-10-16(20)19(11-13)15-7-3-2-6-14(15)18-8-4-1-5-9-18/h2-3,6-7,13H,1,4-5,8-12H2. The Hall–Kier alpha value is -1.27. The summed E-state index contributed by atoms with van der Waals surface area (Å²) >= 11 is 0. The van der Waals surface area contributed by atoms with Gasteiger partial charge in [0.25, 0.3) is 0 Å². The van der Waals surface area contributed by atoms with Gasteiger partial charge in [0.2, 0.25) is 15.0 Å². The van der Waals surface area contributed by atoms with E-state index in [2.05, 4.69) is 4.90 Å². The fraction of sp³-hybridized carbons (Fsp3) is 0.562. The summed E-state index contributed by atoms with van der Waals surface area (Å²) in [6, 6.07) is 7.88. The van der Waals surface area contributed by atoms with Gasteiger partial charge in [-0.25, -0.2) is 8.42 Å². The molecule has 1 aromatic rings. The van der Waals surface area contributed by atoms with Gasteiger partial charge in [-0.1, -0.05) is 12.1 Å². The first-order valence-corrected chi connectivity index (χ1v) is 10.5. The molecule has 7 heteroatoms. The third-order valence-corrected chi connectivity index (χ3v) is 5.76. The van der Waals surface area contributed by atoms with Crippen LogP contribution in [0.25, 0.3) is 0 Å². The SMILES string of the molecule is O=C1CC(CS(=O)(=O)Cl)CN1c1ccccc1N1CCCCC1. The van der Waals surface area contributed by atoms with Crippen LogP contribution in [0.5, 0.6) is 0 Å². The predicted molar refractivity (Wildman–Crippen MR) is 92.6 cm³/mol. The maximum atomic E-state index is 12.4. The molecular formula is C16H21ClN2O3S. The molecule has 126 valence electrons. The molecule has 0 radical (unpaired) electrons. The molecule has 2 heterocycles. The highest BCUT2D eigenvalue weighted by atomic mass is 35.7. The number of anilines is 2. The van der Waals surface area contributed by atoms with Crippen LogP contribution in [0.2, 0.25) is 0 Å². The van der Waals surface area contributed by atoms with Crippen LogP contribution in [0.1, 0.15) is 25.7 Å². The van der Waals surface area contributed by atoms with Crippen molar-refractivity contribution >= 4 is 37.0 Å². The highest BCUT2D eigenvalue weighted by Crippen LogP contribution is 2.35. The highest BCUT2D eigenvalue weighted by molar-refractivity contribution is 8.13. The predicted octanol–water partition coefficient (Wildman–Crippen LogP) is 2.60. The molecule has 2 fully saturated rings. The molecule has 5 nitrogen and oxygen atoms in total. The van der Waals surface area contributed by atoms with Crippen molar-refractivity contribution in [3.63, 3.8) is 0 Å². The Morgan fingerprint density at radius 3 is 2.39 bits per heavy atom. The first kappa shape index (κ1) is 16.6. The van der Waals surface area contributed by atoms with Crippen LogP contribution < -0.4 is 9.80 Å². The second-order valence-corrected chi connectivity index (χ2v) is 9.14. The van der Waals surface area contributed by atoms with Gasteiger partial charge in [0.05, 0.1) is 17.1 Å². The fourth-order valence-electron chi connectivity index (χ4n) is 3.50. The van der Waals surface area contributed by atoms with Crippen molar-refractivity contribution in [3.8, 4) is 0 Å². The van der Waals surface area contributed by atoms with Gasteiger partial charge in [0.15, 0.2) is 0 Å². The zero-order valence-electron chi connectivity index (χ0n) is 12.9. The first-order chi connectivity index (χ1) is 10.9. The van der Waals surface area contributed by atoms with Crippen LogP contribution in [-0.4, -0.2) is 39.7 Å². The molecule has 2 aliphatic heterocycles. The van der Waals surface area contributed by atoms with Crippen molar-refractivity contribution in [3.05, 3.63) is 24.3 Å². The Bertz CT molecular complexity index is 686. The minimum atomic E-state index is -3.58. The molecule has 0 spiro atoms. The van der Waals surface area contributed by atoms with E-state index in [-0.39, 0.29) is 24.0 Å². The van der Waals surface area contributed by atoms with Crippen LogP contribution >= 0.6 is 10.7 Å². The first-order valence-electron chi connectivity index (χ1n) is 8.01. The minimum Gasteiger partial charge on any atom is -0.370 e. The molecule has 2 aliphatic rings. The van der Waals surface area contributed by atoms with Crippen molar-refractivity contribution < 1.29 is 13.2 Å². The molecule has 23 heavy (non-hydrogen) atoms. The Morgan fingerprint density at radius 2 is 1.74 bits per heavy atom. The largest absolute Gasteiger partial charge is 0.370 e. The van der Waals surface area contributed by atoms with Gasteiger partial charge in [-0.2, -0.15) is 0 Å². The number of carbonyl (C=O) groups is 1. The number of halogens is 1. The van der Waals surface area contributed by atoms with E-state index < -0.39 is 9.05 Å². The maximum absolute atomic E-state index is 12.4. The summed E-state index contributed by atoms with van der Waals surface area (Å²) in [6.45, 7) is 2.41. The number of hydrogen-bond acceptors (Lipinski definition) is 4. The van der Waals surface area contributed by atoms with Crippen molar-refractivity contribution in [1.82, 2.24) is 0 Å². The van der Waals surface area contributed by atoms with Crippen molar-refractivity contribution in [2.45, 2.75) is 25.7 Å². The van der Waals surface area contributed by atoms with E-state index in [0.29, 0.717) is 6.54 Å². The summed E-state index contributed by atoms with van der Waals surface area (Å²) in [4.78, 5) is 16.4. The summed E-state index contributed by atoms with van der Waals surface area (Å²) in [5, 5.41) is 0. The van der Waals surface area contributed by atoms with Crippen LogP contribution in [0, 0.1) is 5.92 Å². The number of carbonyl (C=O) groups excluding carboxylic acids is 1. The topological polar surface area (TPSA) is 57.7 Å². The van der Waals surface area contributed by atoms with Crippen LogP contribution in [0.15, 0.2) is 24.3 Å². The van der Waals surface area contributed by atoms with E-state index in [4.69, 9.17) is 10.7 Å². The van der Waals surface area contributed by atoms with E-state index in [1.807, 2.05) is 24.3 Å². The van der Waals surface area contributed by atoms with Crippen molar-refractivity contribution in [1.29, 1.82) is 0 Å². The highest BCUT2D eigenvalue weighted by Gasteiger charge is 2.34. The zero-order chi connectivity index (χ0) is 16.4. The third-order valence-electron chi connectivity index (χ3n) is 4.51. The lowest BCUT2D eigenvalue weighted by atomic mass is 10.1. The van der Waals surface area contributed by atoms with Gasteiger partial charge in [0.1, 0.15) is 0 Å². The molecule has 3 rings (SSSR count). The average Bonchev–Trinajstić information content (AvgIpc) is 2.86. The molecule has 0 N–H and O–H groups in total. The summed E-state index contributed by atoms with van der Waals surface area (Å²) in [7, 11) is 1.76. The van der Waals surface area contributed by atoms with Gasteiger partial charge in [0, 0.05) is 42.7 Å². The number of para-hydroxylation sites is 2. The maximum Gasteiger partial charge on any atom is 0.232 e. The zero-order valence-corrected chi connectivity index (χ0v) is 14.5. The van der Waals surface area contributed by atoms with E-state index in [0.717, 1.165) is 37.3 Å². The van der Waals surface area contributed by atoms with Gasteiger partial charge in [-0.05, 0) is 31.4 Å². The molecule has 1 atom stereocenters. The third kappa shape index (κ3) is 3.98. The molecule has 0 aliphatic carbocycles. The van der Waals surface area contributed by atoms with Gasteiger partial charge in [-0.15, -0.1) is 0 Å². The van der Waals surface area contributed by atoms with Crippen LogP contribution in [0.3, 0.4) is 0 Å². The van der Waals surface area contributed by atoms with Crippen LogP contribution in [-0.2, 0) is 13.8 Å². The summed E-state index contributed by atoms with van der Waals surface area (Å²) in [5.74, 6) is -0.415. The number of benzene rings is 1. The molecule has 1 amide bonds. The number of piperidine rings is 1. The number of hydrogen-bond donors (Lipinski definition) is 0. The second-order valence-electron chi connectivity index (χ2n) is 6.32. The number of nitrogens with zero attached hydrogens (tertiary/aromatic N) is 2. The molecule has 0 bridgehead atoms. The van der Waals surface area contributed by atoms with Crippen LogP contribution in [0.4, 0.5) is 11.4 Å². The molecule has 0 saturated carbocycles. The van der Waals surface area contributed by atoms with Gasteiger partial charge >= 0.3 is 0 Å². The summed E-state index contributed by atoms with van der Waals surface area (Å²) in [5.41, 5.74) is 1.95. The normalized spacial score (nSPS) is 22.7. The van der Waals surface area contributed by atoms with Gasteiger partial charge in [-0.3, -0.25) is 4.79 Å². The minimum absolute atomic E-state index is 0.0280. The smallest absolute Gasteiger partial charge is 0.232 e. The van der Waals surface area contributed by atoms with E-state index in [1.54, 1.807) is 4.90 Å². The second kappa shape index (κ2) is 6.69. The van der Waals surface area contributed by atoms with E-state index in [9.17, 15) is 13.2 Å². The van der Waals surface area contributed by atoms with Crippen molar-refractivity contribution in [2.24, 2.45) is 5.92 Å². The Labute approximate surface area is 141 Å². The molecule has 1 unspecified atom stereocenters. The number of amides is 1. The fourth-order valence-corrected chi connectivity index (χ4v) is 4.82. The Morgan fingerprint density at radius 1 is 1.09 bits per heavy atom.